The van der Waals surface area contributed by atoms with E-state index in [1.165, 1.54) is 35.6 Å². The third-order valence-corrected chi connectivity index (χ3v) is 6.90. The first kappa shape index (κ1) is 23.8. The van der Waals surface area contributed by atoms with Gasteiger partial charge < -0.3 is 10.1 Å². The van der Waals surface area contributed by atoms with Crippen LogP contribution in [0.4, 0.5) is 0 Å². The molecular weight excluding hydrogens is 448 g/mol. The van der Waals surface area contributed by atoms with Gasteiger partial charge >= 0.3 is 0 Å². The maximum atomic E-state index is 13.0. The minimum absolute atomic E-state index is 0.0418. The number of sulfonamides is 1. The number of nitrogens with one attached hydrogen (secondary N) is 1. The predicted octanol–water partition coefficient (Wildman–Crippen LogP) is 4.49. The molecule has 1 N–H and O–H groups in total. The van der Waals surface area contributed by atoms with E-state index in [1.807, 2.05) is 37.3 Å². The summed E-state index contributed by atoms with van der Waals surface area (Å²) in [6.45, 7) is 2.70. The Bertz CT molecular complexity index is 1170. The van der Waals surface area contributed by atoms with Gasteiger partial charge in [0.2, 0.25) is 10.0 Å². The van der Waals surface area contributed by atoms with Crippen LogP contribution in [-0.2, 0) is 23.1 Å². The van der Waals surface area contributed by atoms with Crippen molar-refractivity contribution in [3.05, 3.63) is 94.5 Å². The molecule has 0 bridgehead atoms. The molecule has 0 aliphatic rings. The second-order valence-corrected chi connectivity index (χ2v) is 9.62. The van der Waals surface area contributed by atoms with Crippen LogP contribution in [0.25, 0.3) is 0 Å². The molecule has 8 heteroatoms. The molecule has 0 aliphatic heterocycles. The zero-order chi connectivity index (χ0) is 23.1. The summed E-state index contributed by atoms with van der Waals surface area (Å²) in [5.41, 5.74) is 2.01. The zero-order valence-corrected chi connectivity index (χ0v) is 19.5. The lowest BCUT2D eigenvalue weighted by molar-refractivity contribution is 0.0950. The Morgan fingerprint density at radius 1 is 1.03 bits per heavy atom. The van der Waals surface area contributed by atoms with Crippen LogP contribution in [-0.4, -0.2) is 32.3 Å². The minimum atomic E-state index is -3.75. The molecule has 0 unspecified atom stereocenters. The highest BCUT2D eigenvalue weighted by Gasteiger charge is 2.23. The second kappa shape index (κ2) is 10.6. The molecule has 0 heterocycles. The summed E-state index contributed by atoms with van der Waals surface area (Å²) in [5.74, 6) is 0.284. The fourth-order valence-corrected chi connectivity index (χ4v) is 4.41. The Morgan fingerprint density at radius 2 is 1.72 bits per heavy atom. The molecule has 0 atom stereocenters. The predicted molar refractivity (Wildman–Crippen MR) is 125 cm³/mol. The van der Waals surface area contributed by atoms with E-state index in [4.69, 9.17) is 16.3 Å². The van der Waals surface area contributed by atoms with Gasteiger partial charge in [0, 0.05) is 36.3 Å². The lowest BCUT2D eigenvalue weighted by Crippen LogP contribution is -2.27. The number of halogens is 1. The van der Waals surface area contributed by atoms with Crippen molar-refractivity contribution in [3.63, 3.8) is 0 Å². The number of hydrogen-bond donors (Lipinski definition) is 1. The first-order valence-electron chi connectivity index (χ1n) is 10.1. The lowest BCUT2D eigenvalue weighted by Gasteiger charge is -2.20. The van der Waals surface area contributed by atoms with Gasteiger partial charge in [-0.2, -0.15) is 4.31 Å². The SMILES string of the molecule is CCOc1ccc(C(=O)NCc2ccccc2)cc1CN(C)S(=O)(=O)c1ccc(Cl)cc1. The van der Waals surface area contributed by atoms with Crippen LogP contribution in [0.15, 0.2) is 77.7 Å². The highest BCUT2D eigenvalue weighted by Crippen LogP contribution is 2.25. The van der Waals surface area contributed by atoms with E-state index in [9.17, 15) is 13.2 Å². The van der Waals surface area contributed by atoms with E-state index in [-0.39, 0.29) is 17.3 Å². The summed E-state index contributed by atoms with van der Waals surface area (Å²) >= 11 is 5.88. The van der Waals surface area contributed by atoms with Gasteiger partial charge in [-0.05, 0) is 55.0 Å². The van der Waals surface area contributed by atoms with E-state index in [1.54, 1.807) is 18.2 Å². The molecule has 0 fully saturated rings. The maximum Gasteiger partial charge on any atom is 0.251 e. The normalized spacial score (nSPS) is 11.4. The van der Waals surface area contributed by atoms with Gasteiger partial charge in [0.25, 0.3) is 5.91 Å². The minimum Gasteiger partial charge on any atom is -0.494 e. The Morgan fingerprint density at radius 3 is 2.38 bits per heavy atom. The van der Waals surface area contributed by atoms with Crippen LogP contribution in [0.1, 0.15) is 28.4 Å². The van der Waals surface area contributed by atoms with Gasteiger partial charge in [0.15, 0.2) is 0 Å². The van der Waals surface area contributed by atoms with Crippen molar-refractivity contribution in [2.75, 3.05) is 13.7 Å². The summed E-state index contributed by atoms with van der Waals surface area (Å²) < 4.78 is 32.8. The van der Waals surface area contributed by atoms with E-state index < -0.39 is 10.0 Å². The molecule has 0 spiro atoms. The third-order valence-electron chi connectivity index (χ3n) is 4.83. The summed E-state index contributed by atoms with van der Waals surface area (Å²) in [4.78, 5) is 12.8. The molecule has 32 heavy (non-hydrogen) atoms. The van der Waals surface area contributed by atoms with Crippen LogP contribution in [0, 0.1) is 0 Å². The van der Waals surface area contributed by atoms with Gasteiger partial charge in [-0.1, -0.05) is 41.9 Å². The monoisotopic (exact) mass is 472 g/mol. The van der Waals surface area contributed by atoms with Crippen molar-refractivity contribution >= 4 is 27.5 Å². The topological polar surface area (TPSA) is 75.7 Å². The smallest absolute Gasteiger partial charge is 0.251 e. The molecule has 0 aromatic heterocycles. The highest BCUT2D eigenvalue weighted by molar-refractivity contribution is 7.89. The molecule has 0 saturated heterocycles. The average Bonchev–Trinajstić information content (AvgIpc) is 2.79. The standard InChI is InChI=1S/C24H25ClN2O4S/c1-3-31-23-14-9-19(24(28)26-16-18-7-5-4-6-8-18)15-20(23)17-27(2)32(29,30)22-12-10-21(25)11-13-22/h4-15H,3,16-17H2,1-2H3,(H,26,28). The number of ether oxygens (including phenoxy) is 1. The first-order valence-corrected chi connectivity index (χ1v) is 11.9. The van der Waals surface area contributed by atoms with Crippen molar-refractivity contribution < 1.29 is 17.9 Å². The molecule has 0 saturated carbocycles. The molecule has 0 radical (unpaired) electrons. The number of amides is 1. The number of nitrogens with zero attached hydrogens (tertiary/aromatic N) is 1. The van der Waals surface area contributed by atoms with Crippen molar-refractivity contribution in [1.29, 1.82) is 0 Å². The Labute approximate surface area is 193 Å². The largest absolute Gasteiger partial charge is 0.494 e. The Kier molecular flexibility index (Phi) is 7.90. The molecule has 3 aromatic rings. The number of carbonyl (C=O) groups excluding carboxylic acids is 1. The second-order valence-electron chi connectivity index (χ2n) is 7.14. The quantitative estimate of drug-likeness (QED) is 0.498. The first-order chi connectivity index (χ1) is 15.3. The van der Waals surface area contributed by atoms with Crippen molar-refractivity contribution in [1.82, 2.24) is 9.62 Å². The van der Waals surface area contributed by atoms with Crippen LogP contribution in [0.3, 0.4) is 0 Å². The van der Waals surface area contributed by atoms with Crippen LogP contribution in [0.2, 0.25) is 5.02 Å². The van der Waals surface area contributed by atoms with Crippen molar-refractivity contribution in [2.45, 2.75) is 24.9 Å². The third kappa shape index (κ3) is 5.88. The van der Waals surface area contributed by atoms with Gasteiger partial charge in [-0.25, -0.2) is 8.42 Å². The van der Waals surface area contributed by atoms with E-state index in [0.717, 1.165) is 5.56 Å². The summed E-state index contributed by atoms with van der Waals surface area (Å²) in [7, 11) is -2.26. The molecule has 168 valence electrons. The average molecular weight is 473 g/mol. The van der Waals surface area contributed by atoms with E-state index in [2.05, 4.69) is 5.32 Å². The molecule has 1 amide bonds. The van der Waals surface area contributed by atoms with Crippen LogP contribution < -0.4 is 10.1 Å². The molecule has 6 nitrogen and oxygen atoms in total. The van der Waals surface area contributed by atoms with Crippen molar-refractivity contribution in [2.24, 2.45) is 0 Å². The fraction of sp³-hybridized carbons (Fsp3) is 0.208. The van der Waals surface area contributed by atoms with Crippen molar-refractivity contribution in [3.8, 4) is 5.75 Å². The highest BCUT2D eigenvalue weighted by atomic mass is 35.5. The summed E-state index contributed by atoms with van der Waals surface area (Å²) in [6, 6.07) is 20.6. The number of carbonyl (C=O) groups is 1. The fourth-order valence-electron chi connectivity index (χ4n) is 3.13. The molecule has 3 rings (SSSR count). The Hall–Kier alpha value is -2.87. The molecular formula is C24H25ClN2O4S. The van der Waals surface area contributed by atoms with Crippen LogP contribution in [0.5, 0.6) is 5.75 Å². The van der Waals surface area contributed by atoms with Gasteiger partial charge in [-0.3, -0.25) is 4.79 Å². The van der Waals surface area contributed by atoms with Gasteiger partial charge in [0.05, 0.1) is 11.5 Å². The zero-order valence-electron chi connectivity index (χ0n) is 17.9. The number of benzene rings is 3. The number of hydrogen-bond acceptors (Lipinski definition) is 4. The molecule has 0 aliphatic carbocycles. The summed E-state index contributed by atoms with van der Waals surface area (Å²) in [5, 5.41) is 3.34. The summed E-state index contributed by atoms with van der Waals surface area (Å²) in [6.07, 6.45) is 0. The van der Waals surface area contributed by atoms with Crippen LogP contribution >= 0.6 is 11.6 Å². The Balaban J connectivity index is 1.80. The van der Waals surface area contributed by atoms with E-state index in [0.29, 0.717) is 35.1 Å². The number of rotatable bonds is 9. The molecule has 3 aromatic carbocycles. The lowest BCUT2D eigenvalue weighted by atomic mass is 10.1. The van der Waals surface area contributed by atoms with Gasteiger partial charge in [-0.15, -0.1) is 0 Å². The van der Waals surface area contributed by atoms with Gasteiger partial charge in [0.1, 0.15) is 5.75 Å². The maximum absolute atomic E-state index is 13.0. The van der Waals surface area contributed by atoms with E-state index >= 15 is 0 Å².